The molecule has 2 heterocycles. The fraction of sp³-hybridized carbons (Fsp3) is 0.250. The van der Waals surface area contributed by atoms with Gasteiger partial charge >= 0.3 is 0 Å². The van der Waals surface area contributed by atoms with Crippen molar-refractivity contribution in [3.63, 3.8) is 0 Å². The summed E-state index contributed by atoms with van der Waals surface area (Å²) in [4.78, 5) is 17.9. The molecule has 0 atom stereocenters. The molecular formula is C28H25BrClN3O5. The van der Waals surface area contributed by atoms with Crippen LogP contribution >= 0.6 is 27.5 Å². The lowest BCUT2D eigenvalue weighted by atomic mass is 9.95. The fourth-order valence-electron chi connectivity index (χ4n) is 4.36. The van der Waals surface area contributed by atoms with Gasteiger partial charge in [-0.2, -0.15) is 4.98 Å². The highest BCUT2D eigenvalue weighted by Crippen LogP contribution is 2.38. The molecule has 0 saturated carbocycles. The van der Waals surface area contributed by atoms with Gasteiger partial charge in [-0.25, -0.2) is 0 Å². The predicted octanol–water partition coefficient (Wildman–Crippen LogP) is 6.06. The molecule has 0 spiro atoms. The Hall–Kier alpha value is -3.24. The van der Waals surface area contributed by atoms with Gasteiger partial charge in [-0.05, 0) is 51.7 Å². The second-order valence-corrected chi connectivity index (χ2v) is 10.1. The third kappa shape index (κ3) is 5.61. The topological polar surface area (TPSA) is 97.9 Å². The number of phenols is 1. The summed E-state index contributed by atoms with van der Waals surface area (Å²) in [5, 5.41) is 14.4. The minimum Gasteiger partial charge on any atom is -0.507 e. The number of benzene rings is 3. The molecular weight excluding hydrogens is 574 g/mol. The first kappa shape index (κ1) is 26.4. The van der Waals surface area contributed by atoms with E-state index in [9.17, 15) is 9.90 Å². The van der Waals surface area contributed by atoms with Gasteiger partial charge in [0.05, 0.1) is 30.3 Å². The van der Waals surface area contributed by atoms with E-state index in [1.54, 1.807) is 0 Å². The average molecular weight is 599 g/mol. The number of carbonyl (C=O) groups is 1. The molecule has 1 aromatic heterocycles. The quantitative estimate of drug-likeness (QED) is 0.245. The Labute approximate surface area is 233 Å². The van der Waals surface area contributed by atoms with Crippen molar-refractivity contribution in [2.45, 2.75) is 20.1 Å². The van der Waals surface area contributed by atoms with E-state index in [0.717, 1.165) is 45.4 Å². The zero-order valence-corrected chi connectivity index (χ0v) is 23.0. The van der Waals surface area contributed by atoms with Crippen molar-refractivity contribution in [1.29, 1.82) is 0 Å². The normalized spacial score (nSPS) is 14.0. The van der Waals surface area contributed by atoms with Gasteiger partial charge in [0.15, 0.2) is 12.1 Å². The standard InChI is InChI=1S/C28H25BrClN3O5/c1-17-20(5-3-6-21(17)28-31-26(32-38-28)14-33-8-10-36-11-9-33)22-7-2-4-18(27(22)29)16-37-25-13-24(35)19(15-34)12-23(25)30/h2-7,12-13,15,35H,8-11,14,16H2,1H3. The monoisotopic (exact) mass is 597 g/mol. The van der Waals surface area contributed by atoms with Gasteiger partial charge in [0.1, 0.15) is 18.1 Å². The smallest absolute Gasteiger partial charge is 0.258 e. The molecule has 1 fully saturated rings. The highest BCUT2D eigenvalue weighted by atomic mass is 79.9. The van der Waals surface area contributed by atoms with Crippen LogP contribution in [0.15, 0.2) is 57.5 Å². The number of nitrogens with zero attached hydrogens (tertiary/aromatic N) is 3. The predicted molar refractivity (Wildman–Crippen MR) is 147 cm³/mol. The van der Waals surface area contributed by atoms with Crippen LogP contribution in [0.3, 0.4) is 0 Å². The largest absolute Gasteiger partial charge is 0.507 e. The van der Waals surface area contributed by atoms with Crippen molar-refractivity contribution >= 4 is 33.8 Å². The van der Waals surface area contributed by atoms with E-state index >= 15 is 0 Å². The minimum atomic E-state index is -0.186. The summed E-state index contributed by atoms with van der Waals surface area (Å²) in [7, 11) is 0. The summed E-state index contributed by atoms with van der Waals surface area (Å²) in [6.45, 7) is 5.98. The maximum absolute atomic E-state index is 11.0. The molecule has 8 nitrogen and oxygen atoms in total. The fourth-order valence-corrected chi connectivity index (χ4v) is 5.18. The molecule has 0 radical (unpaired) electrons. The summed E-state index contributed by atoms with van der Waals surface area (Å²) in [6.07, 6.45) is 0.542. The summed E-state index contributed by atoms with van der Waals surface area (Å²) in [5.74, 6) is 1.23. The van der Waals surface area contributed by atoms with Crippen molar-refractivity contribution < 1.29 is 23.9 Å². The van der Waals surface area contributed by atoms with E-state index in [2.05, 4.69) is 31.0 Å². The number of morpholine rings is 1. The Morgan fingerprint density at radius 2 is 1.87 bits per heavy atom. The van der Waals surface area contributed by atoms with Gasteiger partial charge in [-0.1, -0.05) is 47.1 Å². The summed E-state index contributed by atoms with van der Waals surface area (Å²) < 4.78 is 17.8. The molecule has 1 N–H and O–H groups in total. The number of aromatic nitrogens is 2. The third-order valence-corrected chi connectivity index (χ3v) is 7.69. The first-order chi connectivity index (χ1) is 18.4. The van der Waals surface area contributed by atoms with Crippen LogP contribution < -0.4 is 4.74 Å². The Balaban J connectivity index is 1.38. The summed E-state index contributed by atoms with van der Waals surface area (Å²) in [6, 6.07) is 14.6. The summed E-state index contributed by atoms with van der Waals surface area (Å²) >= 11 is 9.98. The number of halogens is 2. The lowest BCUT2D eigenvalue weighted by Crippen LogP contribution is -2.35. The van der Waals surface area contributed by atoms with Crippen molar-refractivity contribution in [1.82, 2.24) is 15.0 Å². The van der Waals surface area contributed by atoms with Crippen LogP contribution in [-0.2, 0) is 17.9 Å². The number of phenolic OH excluding ortho intramolecular Hbond substituents is 1. The van der Waals surface area contributed by atoms with E-state index < -0.39 is 0 Å². The maximum atomic E-state index is 11.0. The van der Waals surface area contributed by atoms with Crippen LogP contribution in [0, 0.1) is 6.92 Å². The SMILES string of the molecule is Cc1c(-c2nc(CN3CCOCC3)no2)cccc1-c1cccc(COc2cc(O)c(C=O)cc2Cl)c1Br. The number of aromatic hydroxyl groups is 1. The van der Waals surface area contributed by atoms with Gasteiger partial charge in [0.25, 0.3) is 5.89 Å². The van der Waals surface area contributed by atoms with E-state index in [1.165, 1.54) is 12.1 Å². The Bertz CT molecular complexity index is 1470. The van der Waals surface area contributed by atoms with Gasteiger partial charge in [0.2, 0.25) is 0 Å². The molecule has 0 aliphatic carbocycles. The highest BCUT2D eigenvalue weighted by molar-refractivity contribution is 9.10. The van der Waals surface area contributed by atoms with Crippen molar-refractivity contribution in [3.05, 3.63) is 80.5 Å². The molecule has 5 rings (SSSR count). The Morgan fingerprint density at radius 3 is 2.66 bits per heavy atom. The lowest BCUT2D eigenvalue weighted by Gasteiger charge is -2.24. The molecule has 0 bridgehead atoms. The van der Waals surface area contributed by atoms with Gasteiger partial charge in [-0.15, -0.1) is 0 Å². The molecule has 1 aliphatic rings. The number of hydrogen-bond donors (Lipinski definition) is 1. The molecule has 10 heteroatoms. The molecule has 1 saturated heterocycles. The molecule has 0 unspecified atom stereocenters. The van der Waals surface area contributed by atoms with Crippen LogP contribution in [0.25, 0.3) is 22.6 Å². The zero-order chi connectivity index (χ0) is 26.6. The zero-order valence-electron chi connectivity index (χ0n) is 20.6. The van der Waals surface area contributed by atoms with E-state index in [1.807, 2.05) is 43.3 Å². The first-order valence-electron chi connectivity index (χ1n) is 12.1. The molecule has 4 aromatic rings. The van der Waals surface area contributed by atoms with Crippen LogP contribution in [0.4, 0.5) is 0 Å². The first-order valence-corrected chi connectivity index (χ1v) is 13.2. The van der Waals surface area contributed by atoms with Crippen molar-refractivity contribution in [2.75, 3.05) is 26.3 Å². The van der Waals surface area contributed by atoms with Gasteiger partial charge < -0.3 is 19.1 Å². The Kier molecular flexibility index (Phi) is 8.09. The lowest BCUT2D eigenvalue weighted by molar-refractivity contribution is 0.0327. The van der Waals surface area contributed by atoms with Crippen molar-refractivity contribution in [3.8, 4) is 34.1 Å². The number of aldehydes is 1. The van der Waals surface area contributed by atoms with Crippen LogP contribution in [0.1, 0.15) is 27.3 Å². The molecule has 0 amide bonds. The van der Waals surface area contributed by atoms with Gasteiger partial charge in [-0.3, -0.25) is 9.69 Å². The minimum absolute atomic E-state index is 0.107. The highest BCUT2D eigenvalue weighted by Gasteiger charge is 2.19. The van der Waals surface area contributed by atoms with Gasteiger partial charge in [0, 0.05) is 34.8 Å². The third-order valence-electron chi connectivity index (χ3n) is 6.46. The summed E-state index contributed by atoms with van der Waals surface area (Å²) in [5.41, 5.74) is 4.85. The Morgan fingerprint density at radius 1 is 1.13 bits per heavy atom. The number of carbonyl (C=O) groups excluding carboxylic acids is 1. The second-order valence-electron chi connectivity index (χ2n) is 8.91. The number of hydrogen-bond acceptors (Lipinski definition) is 8. The van der Waals surface area contributed by atoms with Crippen molar-refractivity contribution in [2.24, 2.45) is 0 Å². The maximum Gasteiger partial charge on any atom is 0.258 e. The van der Waals surface area contributed by atoms with Crippen LogP contribution in [-0.4, -0.2) is 52.7 Å². The molecule has 38 heavy (non-hydrogen) atoms. The molecule has 3 aromatic carbocycles. The molecule has 1 aliphatic heterocycles. The van der Waals surface area contributed by atoms with E-state index in [4.69, 9.17) is 25.6 Å². The number of rotatable bonds is 8. The van der Waals surface area contributed by atoms with E-state index in [-0.39, 0.29) is 28.7 Å². The van der Waals surface area contributed by atoms with Crippen LogP contribution in [0.5, 0.6) is 11.5 Å². The van der Waals surface area contributed by atoms with Crippen LogP contribution in [0.2, 0.25) is 5.02 Å². The second kappa shape index (κ2) is 11.7. The average Bonchev–Trinajstić information content (AvgIpc) is 3.38. The number of ether oxygens (including phenoxy) is 2. The van der Waals surface area contributed by atoms with E-state index in [0.29, 0.717) is 37.8 Å². The molecule has 196 valence electrons.